The number of carbonyl (C=O) groups excluding carboxylic acids is 1. The number of ether oxygens (including phenoxy) is 1. The fourth-order valence-corrected chi connectivity index (χ4v) is 2.01. The number of methoxy groups -OCH3 is 1. The van der Waals surface area contributed by atoms with Crippen LogP contribution in [0.25, 0.3) is 0 Å². The topological polar surface area (TPSA) is 75.6 Å². The molecule has 100 valence electrons. The lowest BCUT2D eigenvalue weighted by Crippen LogP contribution is -2.33. The average Bonchev–Trinajstić information content (AvgIpc) is 2.87. The molecule has 0 aromatic heterocycles. The van der Waals surface area contributed by atoms with Crippen LogP contribution < -0.4 is 10.1 Å². The van der Waals surface area contributed by atoms with Gasteiger partial charge in [-0.25, -0.2) is 0 Å². The monoisotopic (exact) mass is 261 g/mol. The second kappa shape index (κ2) is 5.56. The molecule has 2 N–H and O–H groups in total. The smallest absolute Gasteiger partial charge is 0.310 e. The number of carboxylic acids is 1. The van der Waals surface area contributed by atoms with E-state index in [9.17, 15) is 9.59 Å². The second-order valence-electron chi connectivity index (χ2n) is 4.38. The van der Waals surface area contributed by atoms with Crippen LogP contribution in [0.4, 0.5) is 0 Å². The van der Waals surface area contributed by atoms with Gasteiger partial charge in [0.15, 0.2) is 0 Å². The van der Waals surface area contributed by atoms with Crippen LogP contribution in [0.1, 0.15) is 16.8 Å². The Labute approximate surface area is 110 Å². The fraction of sp³-hybridized carbons (Fsp3) is 0.286. The van der Waals surface area contributed by atoms with Crippen LogP contribution in [0.3, 0.4) is 0 Å². The molecule has 0 saturated carbocycles. The van der Waals surface area contributed by atoms with Crippen molar-refractivity contribution in [3.63, 3.8) is 0 Å². The summed E-state index contributed by atoms with van der Waals surface area (Å²) in [7, 11) is 1.54. The Hall–Kier alpha value is -2.30. The van der Waals surface area contributed by atoms with Gasteiger partial charge in [-0.15, -0.1) is 0 Å². The average molecular weight is 261 g/mol. The Balaban J connectivity index is 1.98. The van der Waals surface area contributed by atoms with Crippen molar-refractivity contribution in [3.8, 4) is 5.75 Å². The Morgan fingerprint density at radius 1 is 1.37 bits per heavy atom. The number of carbonyl (C=O) groups is 2. The SMILES string of the molecule is COc1cccc(C(=O)NC2C=CC(C(=O)O)C2)c1. The molecule has 19 heavy (non-hydrogen) atoms. The first-order chi connectivity index (χ1) is 9.10. The van der Waals surface area contributed by atoms with Crippen molar-refractivity contribution in [2.24, 2.45) is 5.92 Å². The van der Waals surface area contributed by atoms with Crippen LogP contribution in [0, 0.1) is 5.92 Å². The van der Waals surface area contributed by atoms with Crippen molar-refractivity contribution in [2.45, 2.75) is 12.5 Å². The molecule has 2 atom stereocenters. The zero-order valence-corrected chi connectivity index (χ0v) is 10.5. The molecule has 2 unspecified atom stereocenters. The number of amides is 1. The maximum absolute atomic E-state index is 12.0. The van der Waals surface area contributed by atoms with Crippen molar-refractivity contribution in [1.29, 1.82) is 0 Å². The minimum atomic E-state index is -0.866. The summed E-state index contributed by atoms with van der Waals surface area (Å²) in [5.41, 5.74) is 0.492. The van der Waals surface area contributed by atoms with Gasteiger partial charge in [0.25, 0.3) is 5.91 Å². The van der Waals surface area contributed by atoms with Crippen molar-refractivity contribution < 1.29 is 19.4 Å². The minimum Gasteiger partial charge on any atom is -0.497 e. The number of carboxylic acid groups (broad SMARTS) is 1. The van der Waals surface area contributed by atoms with E-state index in [1.807, 2.05) is 0 Å². The zero-order chi connectivity index (χ0) is 13.8. The van der Waals surface area contributed by atoms with Gasteiger partial charge >= 0.3 is 5.97 Å². The molecule has 1 aromatic rings. The second-order valence-corrected chi connectivity index (χ2v) is 4.38. The highest BCUT2D eigenvalue weighted by Crippen LogP contribution is 2.19. The van der Waals surface area contributed by atoms with E-state index in [2.05, 4.69) is 5.32 Å². The summed E-state index contributed by atoms with van der Waals surface area (Å²) >= 11 is 0. The van der Waals surface area contributed by atoms with Gasteiger partial charge in [0.2, 0.25) is 0 Å². The quantitative estimate of drug-likeness (QED) is 0.804. The summed E-state index contributed by atoms with van der Waals surface area (Å²) < 4.78 is 5.05. The van der Waals surface area contributed by atoms with Crippen molar-refractivity contribution in [2.75, 3.05) is 7.11 Å². The normalized spacial score (nSPS) is 21.1. The van der Waals surface area contributed by atoms with Gasteiger partial charge in [-0.3, -0.25) is 9.59 Å². The van der Waals surface area contributed by atoms with Gasteiger partial charge < -0.3 is 15.2 Å². The summed E-state index contributed by atoms with van der Waals surface area (Å²) in [5, 5.41) is 11.7. The number of hydrogen-bond acceptors (Lipinski definition) is 3. The molecular weight excluding hydrogens is 246 g/mol. The van der Waals surface area contributed by atoms with E-state index in [-0.39, 0.29) is 11.9 Å². The number of nitrogens with one attached hydrogen (secondary N) is 1. The highest BCUT2D eigenvalue weighted by molar-refractivity contribution is 5.95. The van der Waals surface area contributed by atoms with Crippen LogP contribution in [-0.4, -0.2) is 30.1 Å². The van der Waals surface area contributed by atoms with E-state index < -0.39 is 11.9 Å². The van der Waals surface area contributed by atoms with Gasteiger partial charge in [-0.1, -0.05) is 18.2 Å². The maximum Gasteiger partial charge on any atom is 0.310 e. The van der Waals surface area contributed by atoms with E-state index in [1.54, 1.807) is 36.4 Å². The lowest BCUT2D eigenvalue weighted by Gasteiger charge is -2.12. The summed E-state index contributed by atoms with van der Waals surface area (Å²) in [6, 6.07) is 6.58. The molecule has 0 fully saturated rings. The van der Waals surface area contributed by atoms with Crippen LogP contribution in [0.2, 0.25) is 0 Å². The van der Waals surface area contributed by atoms with Crippen LogP contribution >= 0.6 is 0 Å². The Bertz CT molecular complexity index is 524. The first-order valence-electron chi connectivity index (χ1n) is 5.96. The molecule has 0 bridgehead atoms. The third kappa shape index (κ3) is 3.13. The molecule has 0 heterocycles. The highest BCUT2D eigenvalue weighted by Gasteiger charge is 2.25. The number of benzene rings is 1. The van der Waals surface area contributed by atoms with Gasteiger partial charge in [-0.05, 0) is 24.6 Å². The van der Waals surface area contributed by atoms with Gasteiger partial charge in [0.1, 0.15) is 5.75 Å². The van der Waals surface area contributed by atoms with Gasteiger partial charge in [-0.2, -0.15) is 0 Å². The standard InChI is InChI=1S/C14H15NO4/c1-19-12-4-2-3-9(8-12)13(16)15-11-6-5-10(7-11)14(17)18/h2-6,8,10-11H,7H2,1H3,(H,15,16)(H,17,18). The predicted octanol–water partition coefficient (Wildman–Crippen LogP) is 1.45. The number of aliphatic carboxylic acids is 1. The van der Waals surface area contributed by atoms with Gasteiger partial charge in [0.05, 0.1) is 13.0 Å². The molecular formula is C14H15NO4. The Morgan fingerprint density at radius 2 is 2.16 bits per heavy atom. The third-order valence-electron chi connectivity index (χ3n) is 3.05. The van der Waals surface area contributed by atoms with Crippen LogP contribution in [-0.2, 0) is 4.79 Å². The van der Waals surface area contributed by atoms with Gasteiger partial charge in [0, 0.05) is 11.6 Å². The van der Waals surface area contributed by atoms with Crippen molar-refractivity contribution >= 4 is 11.9 Å². The molecule has 5 nitrogen and oxygen atoms in total. The Kier molecular flexibility index (Phi) is 3.85. The molecule has 1 aliphatic carbocycles. The van der Waals surface area contributed by atoms with E-state index in [1.165, 1.54) is 7.11 Å². The summed E-state index contributed by atoms with van der Waals surface area (Å²) in [4.78, 5) is 22.8. The molecule has 1 aliphatic rings. The lowest BCUT2D eigenvalue weighted by atomic mass is 10.1. The van der Waals surface area contributed by atoms with E-state index >= 15 is 0 Å². The molecule has 1 amide bonds. The largest absolute Gasteiger partial charge is 0.497 e. The van der Waals surface area contributed by atoms with Crippen LogP contribution in [0.5, 0.6) is 5.75 Å². The number of hydrogen-bond donors (Lipinski definition) is 2. The zero-order valence-electron chi connectivity index (χ0n) is 10.5. The molecule has 0 spiro atoms. The summed E-state index contributed by atoms with van der Waals surface area (Å²) in [5.74, 6) is -1.01. The predicted molar refractivity (Wildman–Crippen MR) is 69.1 cm³/mol. The molecule has 5 heteroatoms. The summed E-state index contributed by atoms with van der Waals surface area (Å²) in [6.45, 7) is 0. The molecule has 0 saturated heterocycles. The molecule has 0 aliphatic heterocycles. The minimum absolute atomic E-state index is 0.236. The molecule has 1 aromatic carbocycles. The third-order valence-corrected chi connectivity index (χ3v) is 3.05. The highest BCUT2D eigenvalue weighted by atomic mass is 16.5. The molecule has 0 radical (unpaired) electrons. The molecule has 2 rings (SSSR count). The van der Waals surface area contributed by atoms with Crippen LogP contribution in [0.15, 0.2) is 36.4 Å². The van der Waals surface area contributed by atoms with E-state index in [4.69, 9.17) is 9.84 Å². The van der Waals surface area contributed by atoms with E-state index in [0.29, 0.717) is 17.7 Å². The van der Waals surface area contributed by atoms with Crippen molar-refractivity contribution in [3.05, 3.63) is 42.0 Å². The summed E-state index contributed by atoms with van der Waals surface area (Å²) in [6.07, 6.45) is 3.72. The first kappa shape index (κ1) is 13.1. The van der Waals surface area contributed by atoms with Crippen molar-refractivity contribution in [1.82, 2.24) is 5.32 Å². The Morgan fingerprint density at radius 3 is 2.79 bits per heavy atom. The lowest BCUT2D eigenvalue weighted by molar-refractivity contribution is -0.140. The first-order valence-corrected chi connectivity index (χ1v) is 5.96. The maximum atomic E-state index is 12.0. The fourth-order valence-electron chi connectivity index (χ4n) is 2.01. The number of rotatable bonds is 4. The van der Waals surface area contributed by atoms with E-state index in [0.717, 1.165) is 0 Å².